The Balaban J connectivity index is 1.77. The summed E-state index contributed by atoms with van der Waals surface area (Å²) in [5.41, 5.74) is 1.51. The number of carbonyl (C=O) groups is 1. The molecule has 0 unspecified atom stereocenters. The van der Waals surface area contributed by atoms with Crippen LogP contribution in [0.2, 0.25) is 0 Å². The van der Waals surface area contributed by atoms with Crippen molar-refractivity contribution < 1.29 is 9.53 Å². The molecule has 28 heavy (non-hydrogen) atoms. The molecule has 2 heterocycles. The van der Waals surface area contributed by atoms with Crippen molar-refractivity contribution in [3.63, 3.8) is 0 Å². The van der Waals surface area contributed by atoms with Crippen LogP contribution in [0.15, 0.2) is 64.4 Å². The number of esters is 1. The lowest BCUT2D eigenvalue weighted by molar-refractivity contribution is 0.0496. The third kappa shape index (κ3) is 4.10. The Kier molecular flexibility index (Phi) is 6.51. The largest absolute Gasteiger partial charge is 0.462 e. The van der Waals surface area contributed by atoms with E-state index in [1.807, 2.05) is 24.3 Å². The van der Waals surface area contributed by atoms with Crippen LogP contribution in [0, 0.1) is 11.3 Å². The summed E-state index contributed by atoms with van der Waals surface area (Å²) >= 11 is 1.21. The fourth-order valence-corrected chi connectivity index (χ4v) is 3.82. The first-order valence-corrected chi connectivity index (χ1v) is 10.2. The third-order valence-electron chi connectivity index (χ3n) is 4.46. The summed E-state index contributed by atoms with van der Waals surface area (Å²) in [5, 5.41) is 9.42. The van der Waals surface area contributed by atoms with Crippen LogP contribution in [-0.2, 0) is 11.2 Å². The minimum Gasteiger partial charge on any atom is -0.462 e. The minimum absolute atomic E-state index is 0.0350. The van der Waals surface area contributed by atoms with Gasteiger partial charge in [0.2, 0.25) is 0 Å². The number of hydrogen-bond donors (Lipinski definition) is 0. The number of rotatable bonds is 7. The second kappa shape index (κ2) is 9.25. The van der Waals surface area contributed by atoms with Crippen molar-refractivity contribution in [3.05, 3.63) is 81.8 Å². The van der Waals surface area contributed by atoms with Gasteiger partial charge in [-0.2, -0.15) is 5.26 Å². The molecule has 0 aliphatic carbocycles. The number of nitrogens with zero attached hydrogens (tertiary/aromatic N) is 2. The number of ether oxygens (including phenoxy) is 1. The first-order chi connectivity index (χ1) is 13.7. The lowest BCUT2D eigenvalue weighted by Crippen LogP contribution is -2.22. The van der Waals surface area contributed by atoms with E-state index in [-0.39, 0.29) is 11.1 Å². The fourth-order valence-electron chi connectivity index (χ4n) is 3.10. The molecule has 0 saturated heterocycles. The molecule has 0 spiro atoms. The molecule has 5 nitrogen and oxygen atoms in total. The van der Waals surface area contributed by atoms with E-state index in [2.05, 4.69) is 12.1 Å². The zero-order valence-corrected chi connectivity index (χ0v) is 16.4. The predicted octanol–water partition coefficient (Wildman–Crippen LogP) is 4.07. The monoisotopic (exact) mass is 392 g/mol. The zero-order valence-electron chi connectivity index (χ0n) is 15.6. The van der Waals surface area contributed by atoms with E-state index >= 15 is 0 Å². The molecule has 2 aromatic heterocycles. The lowest BCUT2D eigenvalue weighted by Gasteiger charge is -2.13. The minimum atomic E-state index is -0.510. The smallest absolute Gasteiger partial charge is 0.341 e. The molecular weight excluding hydrogens is 372 g/mol. The van der Waals surface area contributed by atoms with Crippen LogP contribution in [0.3, 0.4) is 0 Å². The van der Waals surface area contributed by atoms with Gasteiger partial charge in [0.25, 0.3) is 5.56 Å². The molecule has 142 valence electrons. The average Bonchev–Trinajstić information content (AvgIpc) is 2.74. The lowest BCUT2D eigenvalue weighted by atomic mass is 10.1. The molecule has 0 aliphatic heterocycles. The molecular formula is C22H20N2O3S. The number of nitriles is 1. The van der Waals surface area contributed by atoms with Crippen LogP contribution in [0.25, 0.3) is 5.52 Å². The number of benzene rings is 1. The number of thioether (sulfide) groups is 1. The maximum Gasteiger partial charge on any atom is 0.341 e. The second-order valence-corrected chi connectivity index (χ2v) is 7.05. The molecule has 0 bridgehead atoms. The quantitative estimate of drug-likeness (QED) is 0.344. The van der Waals surface area contributed by atoms with Crippen molar-refractivity contribution in [2.45, 2.75) is 24.2 Å². The van der Waals surface area contributed by atoms with Gasteiger partial charge in [0.1, 0.15) is 11.6 Å². The Hall–Kier alpha value is -3.04. The first-order valence-electron chi connectivity index (χ1n) is 9.00. The van der Waals surface area contributed by atoms with E-state index in [0.29, 0.717) is 17.0 Å². The Labute approximate surface area is 167 Å². The van der Waals surface area contributed by atoms with E-state index < -0.39 is 11.5 Å². The van der Waals surface area contributed by atoms with Gasteiger partial charge >= 0.3 is 5.97 Å². The Bertz CT molecular complexity index is 1080. The number of fused-ring (bicyclic) bond motifs is 1. The second-order valence-electron chi connectivity index (χ2n) is 6.23. The van der Waals surface area contributed by atoms with Crippen molar-refractivity contribution in [2.75, 3.05) is 12.9 Å². The predicted molar refractivity (Wildman–Crippen MR) is 110 cm³/mol. The van der Waals surface area contributed by atoms with Crippen LogP contribution in [-0.4, -0.2) is 23.2 Å². The summed E-state index contributed by atoms with van der Waals surface area (Å²) < 4.78 is 6.80. The number of pyridine rings is 2. The summed E-state index contributed by atoms with van der Waals surface area (Å²) in [6.07, 6.45) is 5.87. The fraction of sp³-hybridized carbons (Fsp3) is 0.227. The summed E-state index contributed by atoms with van der Waals surface area (Å²) in [6.45, 7) is 0.291. The van der Waals surface area contributed by atoms with Crippen molar-refractivity contribution in [2.24, 2.45) is 0 Å². The highest BCUT2D eigenvalue weighted by atomic mass is 32.2. The Morgan fingerprint density at radius 3 is 2.61 bits per heavy atom. The van der Waals surface area contributed by atoms with Crippen molar-refractivity contribution in [1.29, 1.82) is 5.26 Å². The summed E-state index contributed by atoms with van der Waals surface area (Å²) in [4.78, 5) is 25.7. The number of hydrogen-bond acceptors (Lipinski definition) is 5. The molecule has 3 aromatic rings. The number of carbonyl (C=O) groups excluding carboxylic acids is 1. The normalized spacial score (nSPS) is 10.6. The maximum absolute atomic E-state index is 12.8. The van der Waals surface area contributed by atoms with E-state index in [4.69, 9.17) is 4.74 Å². The Morgan fingerprint density at radius 2 is 1.89 bits per heavy atom. The van der Waals surface area contributed by atoms with Gasteiger partial charge in [-0.25, -0.2) is 4.79 Å². The van der Waals surface area contributed by atoms with Gasteiger partial charge in [-0.15, -0.1) is 11.8 Å². The summed E-state index contributed by atoms with van der Waals surface area (Å²) in [6, 6.07) is 17.2. The highest BCUT2D eigenvalue weighted by Crippen LogP contribution is 2.27. The SMILES string of the molecule is CSc1c(C#N)c(=O)n2ccccc2c1C(=O)OCCCCc1ccccc1. The molecule has 3 rings (SSSR count). The topological polar surface area (TPSA) is 71.6 Å². The van der Waals surface area contributed by atoms with Crippen LogP contribution in [0.1, 0.15) is 34.3 Å². The molecule has 1 aromatic carbocycles. The van der Waals surface area contributed by atoms with Crippen LogP contribution < -0.4 is 5.56 Å². The van der Waals surface area contributed by atoms with Crippen molar-refractivity contribution in [1.82, 2.24) is 4.40 Å². The molecule has 0 N–H and O–H groups in total. The molecule has 0 fully saturated rings. The van der Waals surface area contributed by atoms with E-state index in [1.165, 1.54) is 21.7 Å². The number of unbranched alkanes of at least 4 members (excludes halogenated alkanes) is 1. The van der Waals surface area contributed by atoms with Gasteiger partial charge in [-0.05, 0) is 43.2 Å². The van der Waals surface area contributed by atoms with Gasteiger partial charge in [0.05, 0.1) is 17.7 Å². The van der Waals surface area contributed by atoms with Gasteiger partial charge in [-0.3, -0.25) is 9.20 Å². The molecule has 0 saturated carbocycles. The van der Waals surface area contributed by atoms with Crippen LogP contribution in [0.5, 0.6) is 0 Å². The molecule has 0 atom stereocenters. The van der Waals surface area contributed by atoms with E-state index in [1.54, 1.807) is 30.7 Å². The number of aromatic nitrogens is 1. The van der Waals surface area contributed by atoms with Crippen LogP contribution >= 0.6 is 11.8 Å². The molecule has 0 amide bonds. The number of aryl methyl sites for hydroxylation is 1. The van der Waals surface area contributed by atoms with Gasteiger partial charge < -0.3 is 4.74 Å². The van der Waals surface area contributed by atoms with Gasteiger partial charge in [0.15, 0.2) is 0 Å². The maximum atomic E-state index is 12.8. The highest BCUT2D eigenvalue weighted by molar-refractivity contribution is 7.98. The van der Waals surface area contributed by atoms with E-state index in [0.717, 1.165) is 19.3 Å². The van der Waals surface area contributed by atoms with E-state index in [9.17, 15) is 14.9 Å². The van der Waals surface area contributed by atoms with Crippen molar-refractivity contribution in [3.8, 4) is 6.07 Å². The highest BCUT2D eigenvalue weighted by Gasteiger charge is 2.23. The third-order valence-corrected chi connectivity index (χ3v) is 5.28. The van der Waals surface area contributed by atoms with Crippen molar-refractivity contribution >= 4 is 23.2 Å². The Morgan fingerprint density at radius 1 is 1.14 bits per heavy atom. The van der Waals surface area contributed by atoms with Crippen LogP contribution in [0.4, 0.5) is 0 Å². The average molecular weight is 392 g/mol. The molecule has 0 radical (unpaired) electrons. The standard InChI is InChI=1S/C22H20N2O3S/c1-28-20-17(15-23)21(25)24-13-7-5-12-18(24)19(20)22(26)27-14-8-6-11-16-9-3-2-4-10-16/h2-5,7,9-10,12-13H,6,8,11,14H2,1H3. The first kappa shape index (κ1) is 19.7. The molecule has 6 heteroatoms. The van der Waals surface area contributed by atoms with Gasteiger partial charge in [0, 0.05) is 11.1 Å². The van der Waals surface area contributed by atoms with Gasteiger partial charge in [-0.1, -0.05) is 36.4 Å². The zero-order chi connectivity index (χ0) is 19.9. The molecule has 0 aliphatic rings. The summed E-state index contributed by atoms with van der Waals surface area (Å²) in [5.74, 6) is -0.510. The summed E-state index contributed by atoms with van der Waals surface area (Å²) in [7, 11) is 0.